The van der Waals surface area contributed by atoms with E-state index in [0.29, 0.717) is 12.0 Å². The van der Waals surface area contributed by atoms with Crippen molar-refractivity contribution < 1.29 is 28.0 Å². The molecule has 9 rings (SSSR count). The molecule has 0 aliphatic carbocycles. The van der Waals surface area contributed by atoms with Crippen molar-refractivity contribution in [2.24, 2.45) is 0 Å². The zero-order chi connectivity index (χ0) is 43.6. The maximum absolute atomic E-state index is 13.4. The fraction of sp³-hybridized carbons (Fsp3) is 0.320. The second-order valence-electron chi connectivity index (χ2n) is 16.8. The molecule has 0 saturated carbocycles. The van der Waals surface area contributed by atoms with Gasteiger partial charge in [0.15, 0.2) is 0 Å². The Morgan fingerprint density at radius 3 is 1.89 bits per heavy atom. The molecule has 1 aromatic heterocycles. The Labute approximate surface area is 370 Å². The summed E-state index contributed by atoms with van der Waals surface area (Å²) in [7, 11) is -0.446. The molecule has 5 aromatic carbocycles. The minimum absolute atomic E-state index is 0.0242. The van der Waals surface area contributed by atoms with Crippen LogP contribution in [0.5, 0.6) is 11.5 Å². The number of hydrogen-bond acceptors (Lipinski definition) is 9. The molecular weight excluding hydrogens is 830 g/mol. The van der Waals surface area contributed by atoms with Crippen molar-refractivity contribution in [1.29, 1.82) is 0 Å². The third kappa shape index (κ3) is 8.49. The zero-order valence-corrected chi connectivity index (χ0v) is 38.0. The van der Waals surface area contributed by atoms with Crippen LogP contribution in [0.15, 0.2) is 155 Å². The van der Waals surface area contributed by atoms with Crippen LogP contribution in [0.4, 0.5) is 0 Å². The van der Waals surface area contributed by atoms with Crippen LogP contribution in [0.25, 0.3) is 0 Å². The molecule has 1 N–H and O–H groups in total. The number of aromatic amines is 1. The van der Waals surface area contributed by atoms with Gasteiger partial charge in [0, 0.05) is 30.8 Å². The average molecular weight is 884 g/mol. The summed E-state index contributed by atoms with van der Waals surface area (Å²) in [5.74, 6) is 1.45. The van der Waals surface area contributed by atoms with Crippen molar-refractivity contribution in [3.8, 4) is 11.5 Å². The van der Waals surface area contributed by atoms with Gasteiger partial charge in [-0.1, -0.05) is 132 Å². The number of ether oxygens (including phenoxy) is 4. The molecule has 6 aromatic rings. The number of nitrogens with one attached hydrogen (secondary N) is 1. The second-order valence-corrected chi connectivity index (χ2v) is 22.5. The van der Waals surface area contributed by atoms with E-state index in [-0.39, 0.29) is 18.8 Å². The summed E-state index contributed by atoms with van der Waals surface area (Å²) >= 11 is 0. The molecule has 13 heteroatoms. The molecule has 0 unspecified atom stereocenters. The molecule has 63 heavy (non-hydrogen) atoms. The van der Waals surface area contributed by atoms with Gasteiger partial charge in [-0.15, -0.1) is 0 Å². The number of H-pyrrole nitrogens is 1. The number of fused-ring (bicyclic) bond motifs is 1. The van der Waals surface area contributed by atoms with Crippen LogP contribution in [-0.4, -0.2) is 74.0 Å². The number of aromatic nitrogens is 2. The first kappa shape index (κ1) is 43.1. The third-order valence-corrected chi connectivity index (χ3v) is 19.3. The largest absolute Gasteiger partial charge is 0.497 e. The number of hydrogen-bond donors (Lipinski definition) is 1. The summed E-state index contributed by atoms with van der Waals surface area (Å²) in [5.41, 5.74) is 1.01. The van der Waals surface area contributed by atoms with E-state index < -0.39 is 51.9 Å². The second kappa shape index (κ2) is 18.5. The summed E-state index contributed by atoms with van der Waals surface area (Å²) in [4.78, 5) is 28.3. The predicted molar refractivity (Wildman–Crippen MR) is 248 cm³/mol. The van der Waals surface area contributed by atoms with Crippen molar-refractivity contribution in [3.63, 3.8) is 0 Å². The van der Waals surface area contributed by atoms with Crippen LogP contribution in [0, 0.1) is 6.92 Å². The number of methoxy groups -OCH3 is 2. The Morgan fingerprint density at radius 1 is 0.762 bits per heavy atom. The van der Waals surface area contributed by atoms with Gasteiger partial charge in [-0.2, -0.15) is 0 Å². The summed E-state index contributed by atoms with van der Waals surface area (Å²) in [6.45, 7) is 5.11. The first-order valence-electron chi connectivity index (χ1n) is 21.7. The van der Waals surface area contributed by atoms with Crippen LogP contribution in [0.1, 0.15) is 47.7 Å². The molecule has 3 saturated heterocycles. The van der Waals surface area contributed by atoms with Gasteiger partial charge in [-0.05, 0) is 66.8 Å². The highest BCUT2D eigenvalue weighted by atomic mass is 31.2. The Hall–Kier alpha value is -5.17. The van der Waals surface area contributed by atoms with Gasteiger partial charge in [0.1, 0.15) is 37.5 Å². The lowest BCUT2D eigenvalue weighted by molar-refractivity contribution is -0.0920. The van der Waals surface area contributed by atoms with E-state index in [2.05, 4.69) is 89.0 Å². The normalized spacial score (nSPS) is 22.5. The highest BCUT2D eigenvalue weighted by molar-refractivity contribution is 7.45. The lowest BCUT2D eigenvalue weighted by atomic mass is 9.80. The molecule has 0 amide bonds. The highest BCUT2D eigenvalue weighted by Crippen LogP contribution is 2.59. The first-order valence-corrected chi connectivity index (χ1v) is 25.5. The van der Waals surface area contributed by atoms with Gasteiger partial charge in [0.2, 0.25) is 0 Å². The molecule has 326 valence electrons. The molecule has 3 fully saturated rings. The maximum Gasteiger partial charge on any atom is 0.330 e. The number of benzene rings is 5. The van der Waals surface area contributed by atoms with Gasteiger partial charge in [-0.3, -0.25) is 14.3 Å². The molecule has 0 bridgehead atoms. The zero-order valence-electron chi connectivity index (χ0n) is 36.1. The molecule has 0 radical (unpaired) electrons. The van der Waals surface area contributed by atoms with Crippen LogP contribution in [0.3, 0.4) is 0 Å². The van der Waals surface area contributed by atoms with Gasteiger partial charge in [0.25, 0.3) is 14.1 Å². The molecular formula is C50H54N3O8PSi. The Kier molecular flexibility index (Phi) is 12.7. The summed E-state index contributed by atoms with van der Waals surface area (Å²) in [6, 6.07) is 48.9. The van der Waals surface area contributed by atoms with Gasteiger partial charge < -0.3 is 28.0 Å². The summed E-state index contributed by atoms with van der Waals surface area (Å²) in [5, 5.41) is 2.76. The van der Waals surface area contributed by atoms with Crippen LogP contribution in [0.2, 0.25) is 12.6 Å². The van der Waals surface area contributed by atoms with Gasteiger partial charge in [-0.25, -0.2) is 9.46 Å². The van der Waals surface area contributed by atoms with E-state index >= 15 is 0 Å². The number of nitrogens with zero attached hydrogens (tertiary/aromatic N) is 2. The molecule has 4 heterocycles. The van der Waals surface area contributed by atoms with E-state index in [1.807, 2.05) is 66.7 Å². The average Bonchev–Trinajstić information content (AvgIpc) is 4.06. The summed E-state index contributed by atoms with van der Waals surface area (Å²) < 4.78 is 43.6. The molecule has 3 aliphatic rings. The topological polar surface area (TPSA) is 113 Å². The minimum atomic E-state index is -2.25. The van der Waals surface area contributed by atoms with Crippen molar-refractivity contribution in [2.75, 3.05) is 27.4 Å². The number of rotatable bonds is 15. The lowest BCUT2D eigenvalue weighted by Crippen LogP contribution is -2.58. The molecule has 11 nitrogen and oxygen atoms in total. The van der Waals surface area contributed by atoms with Crippen LogP contribution < -0.4 is 31.1 Å². The van der Waals surface area contributed by atoms with Crippen molar-refractivity contribution in [1.82, 2.24) is 14.2 Å². The minimum Gasteiger partial charge on any atom is -0.497 e. The van der Waals surface area contributed by atoms with Crippen molar-refractivity contribution in [3.05, 3.63) is 189 Å². The maximum atomic E-state index is 13.4. The SMILES string of the molecule is COc1ccc(C(OC[C@H]2O[C@@H](n3cc(C)c(=O)[nH]c3=O)C[C@@H]2O[P@@]2O[C@@H](C[Si](C)(c3ccccc3)c3ccccc3)[C@H]3CCCN32)(c2ccccc2)c2ccc(OC)cc2)cc1. The summed E-state index contributed by atoms with van der Waals surface area (Å²) in [6.07, 6.45) is 2.10. The smallest absolute Gasteiger partial charge is 0.330 e. The Balaban J connectivity index is 1.07. The predicted octanol–water partition coefficient (Wildman–Crippen LogP) is 7.53. The van der Waals surface area contributed by atoms with Crippen LogP contribution >= 0.6 is 8.53 Å². The fourth-order valence-electron chi connectivity index (χ4n) is 9.61. The first-order chi connectivity index (χ1) is 30.7. The van der Waals surface area contributed by atoms with E-state index in [1.165, 1.54) is 14.9 Å². The fourth-order valence-corrected chi connectivity index (χ4v) is 15.6. The third-order valence-electron chi connectivity index (χ3n) is 13.1. The van der Waals surface area contributed by atoms with Crippen molar-refractivity contribution in [2.45, 2.75) is 75.0 Å². The standard InChI is InChI=1S/C50H54N3O8PSi/c1-35-32-52(49(55)51-48(35)54)47-31-44(60-62-53-30-14-21-43(53)46(61-62)34-63(4,41-17-10-6-11-18-41)42-19-12-7-13-20-42)45(59-47)33-58-50(36-15-8-5-9-16-36,37-22-26-39(56-2)27-23-37)38-24-28-40(57-3)29-25-38/h5-13,15-20,22-29,32,43-47H,14,21,30-31,33-34H2,1-4H3,(H,51,54,55)/t43-,44+,45-,46+,47-,62+/m1/s1. The van der Waals surface area contributed by atoms with E-state index in [4.69, 9.17) is 28.0 Å². The van der Waals surface area contributed by atoms with Gasteiger partial charge in [0.05, 0.1) is 33.0 Å². The lowest BCUT2D eigenvalue weighted by Gasteiger charge is -2.37. The van der Waals surface area contributed by atoms with Crippen molar-refractivity contribution >= 4 is 27.0 Å². The molecule has 0 spiro atoms. The Bertz CT molecular complexity index is 2490. The Morgan fingerprint density at radius 2 is 1.32 bits per heavy atom. The molecule has 6 atom stereocenters. The van der Waals surface area contributed by atoms with E-state index in [0.717, 1.165) is 53.6 Å². The van der Waals surface area contributed by atoms with Gasteiger partial charge >= 0.3 is 5.69 Å². The highest BCUT2D eigenvalue weighted by Gasteiger charge is 2.52. The number of aryl methyl sites for hydroxylation is 1. The van der Waals surface area contributed by atoms with E-state index in [9.17, 15) is 9.59 Å². The van der Waals surface area contributed by atoms with Crippen LogP contribution in [-0.2, 0) is 24.1 Å². The van der Waals surface area contributed by atoms with E-state index in [1.54, 1.807) is 27.3 Å². The molecule has 3 aliphatic heterocycles. The monoisotopic (exact) mass is 883 g/mol. The quantitative estimate of drug-likeness (QED) is 0.0636.